The van der Waals surface area contributed by atoms with Crippen molar-refractivity contribution < 1.29 is 19.4 Å². The Bertz CT molecular complexity index is 776. The summed E-state index contributed by atoms with van der Waals surface area (Å²) in [6, 6.07) is 12.5. The molecule has 1 unspecified atom stereocenters. The van der Waals surface area contributed by atoms with E-state index in [4.69, 9.17) is 4.74 Å². The van der Waals surface area contributed by atoms with Gasteiger partial charge < -0.3 is 15.2 Å². The van der Waals surface area contributed by atoms with E-state index in [9.17, 15) is 14.7 Å². The second kappa shape index (κ2) is 8.37. The first-order chi connectivity index (χ1) is 11.9. The van der Waals surface area contributed by atoms with Gasteiger partial charge in [-0.05, 0) is 30.0 Å². The summed E-state index contributed by atoms with van der Waals surface area (Å²) >= 11 is 0. The van der Waals surface area contributed by atoms with Crippen molar-refractivity contribution >= 4 is 30.9 Å². The Morgan fingerprint density at radius 2 is 1.96 bits per heavy atom. The molecule has 0 saturated heterocycles. The summed E-state index contributed by atoms with van der Waals surface area (Å²) in [5, 5.41) is 11.9. The van der Waals surface area contributed by atoms with Gasteiger partial charge in [0.25, 0.3) is 5.91 Å². The van der Waals surface area contributed by atoms with Gasteiger partial charge in [-0.2, -0.15) is 0 Å². The first-order valence-electron chi connectivity index (χ1n) is 8.27. The quantitative estimate of drug-likeness (QED) is 0.758. The Morgan fingerprint density at radius 1 is 1.24 bits per heavy atom. The van der Waals surface area contributed by atoms with Gasteiger partial charge in [0.1, 0.15) is 13.6 Å². The minimum Gasteiger partial charge on any atom is -0.483 e. The number of anilines is 1. The van der Waals surface area contributed by atoms with Crippen LogP contribution in [0.2, 0.25) is 0 Å². The number of hydrogen-bond donors (Lipinski definition) is 2. The smallest absolute Gasteiger partial charge is 0.337 e. The van der Waals surface area contributed by atoms with Crippen molar-refractivity contribution in [2.75, 3.05) is 11.9 Å². The van der Waals surface area contributed by atoms with Crippen LogP contribution in [0.4, 0.5) is 5.69 Å². The molecule has 6 heteroatoms. The second-order valence-electron chi connectivity index (χ2n) is 6.04. The average molecular weight is 339 g/mol. The lowest BCUT2D eigenvalue weighted by atomic mass is 9.93. The van der Waals surface area contributed by atoms with Gasteiger partial charge in [0.15, 0.2) is 6.61 Å². The predicted molar refractivity (Wildman–Crippen MR) is 101 cm³/mol. The zero-order valence-electron chi connectivity index (χ0n) is 14.7. The molecule has 2 aromatic rings. The van der Waals surface area contributed by atoms with Crippen molar-refractivity contribution in [3.63, 3.8) is 0 Å². The minimum absolute atomic E-state index is 0.0633. The molecule has 0 fully saturated rings. The van der Waals surface area contributed by atoms with Crippen LogP contribution in [0.3, 0.4) is 0 Å². The van der Waals surface area contributed by atoms with Crippen LogP contribution in [0, 0.1) is 0 Å². The number of carbonyl (C=O) groups excluding carboxylic acids is 1. The first kappa shape index (κ1) is 18.6. The fourth-order valence-corrected chi connectivity index (χ4v) is 2.51. The Hall–Kier alpha value is -2.76. The van der Waals surface area contributed by atoms with E-state index in [2.05, 4.69) is 19.2 Å². The third-order valence-electron chi connectivity index (χ3n) is 4.10. The van der Waals surface area contributed by atoms with Crippen LogP contribution < -0.4 is 15.5 Å². The van der Waals surface area contributed by atoms with Crippen molar-refractivity contribution in [1.29, 1.82) is 0 Å². The summed E-state index contributed by atoms with van der Waals surface area (Å²) in [4.78, 5) is 23.5. The molecule has 0 bridgehead atoms. The number of benzene rings is 2. The van der Waals surface area contributed by atoms with Gasteiger partial charge >= 0.3 is 5.97 Å². The van der Waals surface area contributed by atoms with E-state index in [0.717, 1.165) is 17.4 Å². The Labute approximate surface area is 148 Å². The van der Waals surface area contributed by atoms with E-state index in [-0.39, 0.29) is 17.9 Å². The first-order valence-corrected chi connectivity index (χ1v) is 8.27. The van der Waals surface area contributed by atoms with E-state index >= 15 is 0 Å². The number of carboxylic acids is 1. The average Bonchev–Trinajstić information content (AvgIpc) is 2.61. The summed E-state index contributed by atoms with van der Waals surface area (Å²) in [7, 11) is 1.80. The van der Waals surface area contributed by atoms with Crippen LogP contribution in [-0.2, 0) is 4.79 Å². The molecule has 0 saturated carbocycles. The molecule has 130 valence electrons. The highest BCUT2D eigenvalue weighted by Crippen LogP contribution is 2.28. The summed E-state index contributed by atoms with van der Waals surface area (Å²) in [6.07, 6.45) is 0.970. The molecule has 1 atom stereocenters. The molecular formula is C19H22BNO4. The van der Waals surface area contributed by atoms with E-state index in [0.29, 0.717) is 11.7 Å². The Balaban J connectivity index is 2.07. The maximum atomic E-state index is 12.2. The van der Waals surface area contributed by atoms with Crippen molar-refractivity contribution in [2.24, 2.45) is 0 Å². The molecule has 0 radical (unpaired) electrons. The summed E-state index contributed by atoms with van der Waals surface area (Å²) in [5.41, 5.74) is 2.20. The Kier molecular flexibility index (Phi) is 6.22. The van der Waals surface area contributed by atoms with E-state index in [1.807, 2.05) is 24.3 Å². The van der Waals surface area contributed by atoms with Gasteiger partial charge in [-0.1, -0.05) is 49.6 Å². The standard InChI is InChI=1S/C19H22BNO4/c1-3-12(2)14-6-4-5-7-17(14)25-11-18(22)21-16-9-8-13(20)10-15(16)19(23)24/h4-10,12H,3,11,20H2,1-2H3,(H,21,22)(H,23,24). The van der Waals surface area contributed by atoms with Gasteiger partial charge in [0.2, 0.25) is 0 Å². The highest BCUT2D eigenvalue weighted by atomic mass is 16.5. The number of hydrogen-bond acceptors (Lipinski definition) is 3. The lowest BCUT2D eigenvalue weighted by molar-refractivity contribution is -0.118. The predicted octanol–water partition coefficient (Wildman–Crippen LogP) is 2.17. The summed E-state index contributed by atoms with van der Waals surface area (Å²) < 4.78 is 5.66. The molecule has 5 nitrogen and oxygen atoms in total. The maximum Gasteiger partial charge on any atom is 0.337 e. The zero-order valence-corrected chi connectivity index (χ0v) is 14.7. The largest absolute Gasteiger partial charge is 0.483 e. The normalized spacial score (nSPS) is 11.6. The van der Waals surface area contributed by atoms with Gasteiger partial charge in [0.05, 0.1) is 11.3 Å². The number of carboxylic acid groups (broad SMARTS) is 1. The molecule has 2 N–H and O–H groups in total. The number of carbonyl (C=O) groups is 2. The minimum atomic E-state index is -1.08. The fourth-order valence-electron chi connectivity index (χ4n) is 2.51. The number of nitrogens with one attached hydrogen (secondary N) is 1. The van der Waals surface area contributed by atoms with Crippen molar-refractivity contribution in [3.05, 3.63) is 53.6 Å². The van der Waals surface area contributed by atoms with Crippen LogP contribution in [0.1, 0.15) is 42.1 Å². The second-order valence-corrected chi connectivity index (χ2v) is 6.04. The molecule has 0 aliphatic rings. The molecule has 0 heterocycles. The topological polar surface area (TPSA) is 75.6 Å². The monoisotopic (exact) mass is 339 g/mol. The van der Waals surface area contributed by atoms with E-state index in [1.165, 1.54) is 6.07 Å². The van der Waals surface area contributed by atoms with Crippen molar-refractivity contribution in [1.82, 2.24) is 0 Å². The lowest BCUT2D eigenvalue weighted by Gasteiger charge is -2.16. The number of para-hydroxylation sites is 1. The van der Waals surface area contributed by atoms with Crippen LogP contribution in [0.5, 0.6) is 5.75 Å². The molecule has 25 heavy (non-hydrogen) atoms. The Morgan fingerprint density at radius 3 is 2.64 bits per heavy atom. The zero-order chi connectivity index (χ0) is 18.4. The van der Waals surface area contributed by atoms with Crippen molar-refractivity contribution in [2.45, 2.75) is 26.2 Å². The molecule has 0 spiro atoms. The summed E-state index contributed by atoms with van der Waals surface area (Å²) in [6.45, 7) is 4.02. The molecule has 0 aliphatic carbocycles. The molecule has 2 aromatic carbocycles. The van der Waals surface area contributed by atoms with Crippen LogP contribution in [-0.4, -0.2) is 31.4 Å². The number of rotatable bonds is 7. The van der Waals surface area contributed by atoms with Gasteiger partial charge in [-0.15, -0.1) is 0 Å². The summed E-state index contributed by atoms with van der Waals surface area (Å²) in [5.74, 6) is -0.475. The van der Waals surface area contributed by atoms with Gasteiger partial charge in [0, 0.05) is 0 Å². The molecule has 0 aromatic heterocycles. The molecule has 0 aliphatic heterocycles. The number of amides is 1. The number of aromatic carboxylic acids is 1. The maximum absolute atomic E-state index is 12.2. The molecular weight excluding hydrogens is 317 g/mol. The fraction of sp³-hybridized carbons (Fsp3) is 0.263. The van der Waals surface area contributed by atoms with Crippen molar-refractivity contribution in [3.8, 4) is 5.75 Å². The van der Waals surface area contributed by atoms with E-state index < -0.39 is 11.9 Å². The van der Waals surface area contributed by atoms with Crippen LogP contribution in [0.15, 0.2) is 42.5 Å². The van der Waals surface area contributed by atoms with Gasteiger partial charge in [-0.3, -0.25) is 4.79 Å². The third-order valence-corrected chi connectivity index (χ3v) is 4.10. The highest BCUT2D eigenvalue weighted by Gasteiger charge is 2.14. The molecule has 1 amide bonds. The lowest BCUT2D eigenvalue weighted by Crippen LogP contribution is -2.22. The highest BCUT2D eigenvalue weighted by molar-refractivity contribution is 6.33. The van der Waals surface area contributed by atoms with Crippen LogP contribution >= 0.6 is 0 Å². The third kappa shape index (κ3) is 4.86. The SMILES string of the molecule is Bc1ccc(NC(=O)COc2ccccc2C(C)CC)c(C(=O)O)c1. The molecule has 2 rings (SSSR count). The van der Waals surface area contributed by atoms with Crippen LogP contribution in [0.25, 0.3) is 0 Å². The van der Waals surface area contributed by atoms with E-state index in [1.54, 1.807) is 20.0 Å². The van der Waals surface area contributed by atoms with Gasteiger partial charge in [-0.25, -0.2) is 4.79 Å². The number of ether oxygens (including phenoxy) is 1.